The van der Waals surface area contributed by atoms with Gasteiger partial charge in [-0.2, -0.15) is 4.98 Å². The van der Waals surface area contributed by atoms with Crippen LogP contribution in [0.15, 0.2) is 30.6 Å². The first kappa shape index (κ1) is 26.7. The molecule has 3 aromatic heterocycles. The summed E-state index contributed by atoms with van der Waals surface area (Å²) in [4.78, 5) is 42.7. The summed E-state index contributed by atoms with van der Waals surface area (Å²) in [5.41, 5.74) is 1.88. The summed E-state index contributed by atoms with van der Waals surface area (Å²) in [6.07, 6.45) is 8.41. The molecule has 11 heteroatoms. The fourth-order valence-corrected chi connectivity index (χ4v) is 5.34. The molecule has 2 N–H and O–H groups in total. The van der Waals surface area contributed by atoms with Gasteiger partial charge in [0.15, 0.2) is 0 Å². The number of hydrogen-bond donors (Lipinski definition) is 2. The quantitative estimate of drug-likeness (QED) is 0.475. The molecule has 1 unspecified atom stereocenters. The molecule has 2 amide bonds. The van der Waals surface area contributed by atoms with Crippen molar-refractivity contribution in [1.29, 1.82) is 0 Å². The van der Waals surface area contributed by atoms with E-state index in [0.717, 1.165) is 55.4 Å². The van der Waals surface area contributed by atoms with Gasteiger partial charge in [-0.1, -0.05) is 12.8 Å². The Morgan fingerprint density at radius 1 is 1.08 bits per heavy atom. The highest BCUT2D eigenvalue weighted by Crippen LogP contribution is 2.35. The number of alkyl carbamates (subject to hydrolysis) is 1. The van der Waals surface area contributed by atoms with Gasteiger partial charge in [0.2, 0.25) is 5.95 Å². The molecule has 1 atom stereocenters. The Morgan fingerprint density at radius 3 is 2.51 bits per heavy atom. The topological polar surface area (TPSA) is 118 Å². The van der Waals surface area contributed by atoms with E-state index in [-0.39, 0.29) is 24.1 Å². The van der Waals surface area contributed by atoms with Crippen molar-refractivity contribution in [2.75, 3.05) is 37.4 Å². The zero-order valence-electron chi connectivity index (χ0n) is 23.4. The predicted molar refractivity (Wildman–Crippen MR) is 151 cm³/mol. The number of rotatable bonds is 6. The van der Waals surface area contributed by atoms with E-state index in [1.165, 1.54) is 0 Å². The minimum Gasteiger partial charge on any atom is -0.444 e. The highest BCUT2D eigenvalue weighted by atomic mass is 16.6. The average molecular weight is 535 g/mol. The summed E-state index contributed by atoms with van der Waals surface area (Å²) >= 11 is 0. The summed E-state index contributed by atoms with van der Waals surface area (Å²) in [5.74, 6) is 1.04. The molecule has 39 heavy (non-hydrogen) atoms. The number of hydrogen-bond acceptors (Lipinski definition) is 8. The molecule has 0 spiro atoms. The maximum Gasteiger partial charge on any atom is 0.407 e. The summed E-state index contributed by atoms with van der Waals surface area (Å²) in [7, 11) is 3.54. The average Bonchev–Trinajstić information content (AvgIpc) is 3.62. The third-order valence-corrected chi connectivity index (χ3v) is 7.15. The third-order valence-electron chi connectivity index (χ3n) is 7.15. The maximum atomic E-state index is 12.9. The second-order valence-electron chi connectivity index (χ2n) is 11.6. The van der Waals surface area contributed by atoms with Crippen molar-refractivity contribution < 1.29 is 14.3 Å². The molecule has 208 valence electrons. The van der Waals surface area contributed by atoms with Gasteiger partial charge < -0.3 is 29.7 Å². The summed E-state index contributed by atoms with van der Waals surface area (Å²) in [5, 5.41) is 7.02. The lowest BCUT2D eigenvalue weighted by Crippen LogP contribution is -2.40. The first-order valence-corrected chi connectivity index (χ1v) is 13.6. The van der Waals surface area contributed by atoms with Gasteiger partial charge in [-0.25, -0.2) is 14.8 Å². The minimum atomic E-state index is -0.519. The highest BCUT2D eigenvalue weighted by molar-refractivity contribution is 5.97. The molecule has 0 bridgehead atoms. The van der Waals surface area contributed by atoms with Crippen LogP contribution < -0.4 is 15.5 Å². The van der Waals surface area contributed by atoms with E-state index in [0.29, 0.717) is 24.0 Å². The largest absolute Gasteiger partial charge is 0.444 e. The standard InChI is InChI=1S/C28H38N8O3/c1-28(2,3)39-27(38)31-19-12-13-35(17-19)21-10-11-23(29-16-21)32-26-30-15-18-14-22(25(37)34(4)5)36(24(18)33-26)20-8-6-7-9-20/h10-11,14-16,19-20H,6-9,12-13,17H2,1-5H3,(H,31,38)(H,29,30,32,33). The van der Waals surface area contributed by atoms with Crippen LogP contribution in [0.3, 0.4) is 0 Å². The van der Waals surface area contributed by atoms with Crippen LogP contribution in [0.1, 0.15) is 69.4 Å². The van der Waals surface area contributed by atoms with Crippen LogP contribution in [0.25, 0.3) is 11.0 Å². The molecular formula is C28H38N8O3. The number of ether oxygens (including phenoxy) is 1. The Bertz CT molecular complexity index is 1340. The summed E-state index contributed by atoms with van der Waals surface area (Å²) in [6.45, 7) is 7.08. The lowest BCUT2D eigenvalue weighted by Gasteiger charge is -2.22. The Kier molecular flexibility index (Phi) is 7.33. The molecule has 2 fully saturated rings. The van der Waals surface area contributed by atoms with Gasteiger partial charge in [-0.05, 0) is 58.2 Å². The van der Waals surface area contributed by atoms with Gasteiger partial charge in [0, 0.05) is 44.8 Å². The number of nitrogens with zero attached hydrogens (tertiary/aromatic N) is 6. The fourth-order valence-electron chi connectivity index (χ4n) is 5.34. The molecule has 1 saturated heterocycles. The first-order valence-electron chi connectivity index (χ1n) is 13.6. The number of nitrogens with one attached hydrogen (secondary N) is 2. The van der Waals surface area contributed by atoms with Crippen molar-refractivity contribution in [2.24, 2.45) is 0 Å². The van der Waals surface area contributed by atoms with Crippen LogP contribution >= 0.6 is 0 Å². The van der Waals surface area contributed by atoms with E-state index in [1.807, 2.05) is 45.2 Å². The molecule has 0 aromatic carbocycles. The molecule has 4 heterocycles. The van der Waals surface area contributed by atoms with E-state index in [1.54, 1.807) is 25.2 Å². The highest BCUT2D eigenvalue weighted by Gasteiger charge is 2.28. The Labute approximate surface area is 228 Å². The van der Waals surface area contributed by atoms with Gasteiger partial charge in [-0.3, -0.25) is 4.79 Å². The molecule has 3 aromatic rings. The number of aromatic nitrogens is 4. The predicted octanol–water partition coefficient (Wildman–Crippen LogP) is 4.49. The maximum absolute atomic E-state index is 12.9. The van der Waals surface area contributed by atoms with Crippen molar-refractivity contribution >= 4 is 40.5 Å². The zero-order chi connectivity index (χ0) is 27.7. The van der Waals surface area contributed by atoms with Gasteiger partial charge in [0.1, 0.15) is 22.8 Å². The Morgan fingerprint density at radius 2 is 1.85 bits per heavy atom. The molecule has 5 rings (SSSR count). The zero-order valence-corrected chi connectivity index (χ0v) is 23.4. The number of pyridine rings is 1. The number of anilines is 3. The van der Waals surface area contributed by atoms with Gasteiger partial charge in [0.05, 0.1) is 17.9 Å². The Hall–Kier alpha value is -3.89. The van der Waals surface area contributed by atoms with E-state index < -0.39 is 5.60 Å². The van der Waals surface area contributed by atoms with Crippen molar-refractivity contribution in [3.8, 4) is 0 Å². The SMILES string of the molecule is CN(C)C(=O)c1cc2cnc(Nc3ccc(N4CCC(NC(=O)OC(C)(C)C)C4)cn3)nc2n1C1CCCC1. The van der Waals surface area contributed by atoms with E-state index in [2.05, 4.69) is 30.1 Å². The van der Waals surface area contributed by atoms with Gasteiger partial charge in [0.25, 0.3) is 5.91 Å². The van der Waals surface area contributed by atoms with Crippen molar-refractivity contribution in [1.82, 2.24) is 29.7 Å². The number of fused-ring (bicyclic) bond motifs is 1. The number of carbonyl (C=O) groups excluding carboxylic acids is 2. The molecule has 1 aliphatic heterocycles. The molecular weight excluding hydrogens is 496 g/mol. The Balaban J connectivity index is 1.28. The second kappa shape index (κ2) is 10.7. The van der Waals surface area contributed by atoms with Crippen LogP contribution in [-0.4, -0.2) is 75.2 Å². The summed E-state index contributed by atoms with van der Waals surface area (Å²) in [6, 6.07) is 6.08. The first-order chi connectivity index (χ1) is 18.6. The van der Waals surface area contributed by atoms with Gasteiger partial charge >= 0.3 is 6.09 Å². The summed E-state index contributed by atoms with van der Waals surface area (Å²) < 4.78 is 7.48. The molecule has 0 radical (unpaired) electrons. The normalized spacial score (nSPS) is 18.0. The van der Waals surface area contributed by atoms with Crippen molar-refractivity contribution in [3.63, 3.8) is 0 Å². The molecule has 2 aliphatic rings. The van der Waals surface area contributed by atoms with Gasteiger partial charge in [-0.15, -0.1) is 0 Å². The fraction of sp³-hybridized carbons (Fsp3) is 0.536. The third kappa shape index (κ3) is 6.07. The minimum absolute atomic E-state index is 0.0261. The van der Waals surface area contributed by atoms with Crippen molar-refractivity contribution in [3.05, 3.63) is 36.3 Å². The second-order valence-corrected chi connectivity index (χ2v) is 11.6. The van der Waals surface area contributed by atoms with Crippen LogP contribution in [0.5, 0.6) is 0 Å². The van der Waals surface area contributed by atoms with Crippen LogP contribution in [0, 0.1) is 0 Å². The molecule has 1 aliphatic carbocycles. The number of carbonyl (C=O) groups is 2. The van der Waals surface area contributed by atoms with Crippen LogP contribution in [-0.2, 0) is 4.74 Å². The lowest BCUT2D eigenvalue weighted by molar-refractivity contribution is 0.0508. The lowest BCUT2D eigenvalue weighted by atomic mass is 10.2. The van der Waals surface area contributed by atoms with E-state index in [4.69, 9.17) is 9.72 Å². The smallest absolute Gasteiger partial charge is 0.407 e. The van der Waals surface area contributed by atoms with E-state index >= 15 is 0 Å². The van der Waals surface area contributed by atoms with E-state index in [9.17, 15) is 9.59 Å². The van der Waals surface area contributed by atoms with Crippen LogP contribution in [0.4, 0.5) is 22.2 Å². The monoisotopic (exact) mass is 534 g/mol. The molecule has 11 nitrogen and oxygen atoms in total. The number of amides is 2. The molecule has 1 saturated carbocycles. The van der Waals surface area contributed by atoms with Crippen LogP contribution in [0.2, 0.25) is 0 Å². The van der Waals surface area contributed by atoms with Crippen molar-refractivity contribution in [2.45, 2.75) is 70.6 Å².